The molecule has 36 heavy (non-hydrogen) atoms. The number of aliphatic hydroxyl groups is 1. The van der Waals surface area contributed by atoms with Gasteiger partial charge < -0.3 is 9.84 Å². The molecule has 1 aliphatic heterocycles. The van der Waals surface area contributed by atoms with Gasteiger partial charge in [-0.05, 0) is 59.5 Å². The molecule has 182 valence electrons. The van der Waals surface area contributed by atoms with Crippen LogP contribution >= 0.6 is 11.3 Å². The van der Waals surface area contributed by atoms with E-state index in [2.05, 4.69) is 13.8 Å². The Morgan fingerprint density at radius 3 is 2.53 bits per heavy atom. The van der Waals surface area contributed by atoms with Gasteiger partial charge in [-0.15, -0.1) is 11.3 Å². The topological polar surface area (TPSA) is 66.8 Å². The lowest BCUT2D eigenvalue weighted by atomic mass is 9.98. The van der Waals surface area contributed by atoms with Gasteiger partial charge in [0.15, 0.2) is 0 Å². The van der Waals surface area contributed by atoms with Crippen molar-refractivity contribution in [3.05, 3.63) is 99.8 Å². The summed E-state index contributed by atoms with van der Waals surface area (Å²) in [5, 5.41) is 15.2. The molecule has 0 spiro atoms. The summed E-state index contributed by atoms with van der Waals surface area (Å²) in [5.74, 6) is -0.427. The number of hydrogen-bond acceptors (Lipinski definition) is 5. The molecule has 1 N–H and O–H groups in total. The van der Waals surface area contributed by atoms with Crippen LogP contribution in [-0.2, 0) is 9.59 Å². The maximum Gasteiger partial charge on any atom is 0.300 e. The first-order chi connectivity index (χ1) is 17.4. The Morgan fingerprint density at radius 2 is 1.81 bits per heavy atom. The average molecular weight is 498 g/mol. The normalized spacial score (nSPS) is 17.3. The number of Topliss-reactive ketones (excluding diaryl/α,β-unsaturated/α-hetero) is 1. The zero-order chi connectivity index (χ0) is 25.4. The summed E-state index contributed by atoms with van der Waals surface area (Å²) in [4.78, 5) is 29.3. The Bertz CT molecular complexity index is 1480. The maximum absolute atomic E-state index is 13.5. The van der Waals surface area contributed by atoms with Crippen LogP contribution in [0.25, 0.3) is 16.5 Å². The van der Waals surface area contributed by atoms with Gasteiger partial charge in [0.1, 0.15) is 17.6 Å². The Balaban J connectivity index is 1.65. The summed E-state index contributed by atoms with van der Waals surface area (Å²) in [5.41, 5.74) is 2.05. The summed E-state index contributed by atoms with van der Waals surface area (Å²) in [6.07, 6.45) is 0. The number of ether oxygens (including phenoxy) is 1. The lowest BCUT2D eigenvalue weighted by Crippen LogP contribution is -2.29. The van der Waals surface area contributed by atoms with Gasteiger partial charge >= 0.3 is 0 Å². The Kier molecular flexibility index (Phi) is 6.37. The van der Waals surface area contributed by atoms with Crippen molar-refractivity contribution in [3.8, 4) is 5.75 Å². The number of benzene rings is 3. The fraction of sp³-hybridized carbons (Fsp3) is 0.200. The molecule has 1 aromatic heterocycles. The van der Waals surface area contributed by atoms with Gasteiger partial charge in [-0.25, -0.2) is 0 Å². The predicted octanol–water partition coefficient (Wildman–Crippen LogP) is 6.87. The van der Waals surface area contributed by atoms with E-state index in [0.717, 1.165) is 27.0 Å². The minimum atomic E-state index is -0.729. The molecule has 1 aliphatic rings. The van der Waals surface area contributed by atoms with Crippen LogP contribution in [0.4, 0.5) is 5.69 Å². The molecule has 0 saturated carbocycles. The van der Waals surface area contributed by atoms with Crippen molar-refractivity contribution < 1.29 is 19.4 Å². The van der Waals surface area contributed by atoms with E-state index in [1.54, 1.807) is 18.2 Å². The zero-order valence-corrected chi connectivity index (χ0v) is 21.2. The van der Waals surface area contributed by atoms with Crippen molar-refractivity contribution in [1.82, 2.24) is 0 Å². The minimum Gasteiger partial charge on any atom is -0.507 e. The van der Waals surface area contributed by atoms with E-state index >= 15 is 0 Å². The Hall–Kier alpha value is -3.90. The van der Waals surface area contributed by atoms with E-state index in [1.165, 1.54) is 16.2 Å². The number of aliphatic hydroxyl groups excluding tert-OH is 1. The van der Waals surface area contributed by atoms with Crippen LogP contribution in [0.2, 0.25) is 0 Å². The molecule has 3 aromatic carbocycles. The van der Waals surface area contributed by atoms with Crippen LogP contribution in [0.15, 0.2) is 83.7 Å². The highest BCUT2D eigenvalue weighted by Crippen LogP contribution is 2.45. The van der Waals surface area contributed by atoms with Crippen LogP contribution in [0.3, 0.4) is 0 Å². The van der Waals surface area contributed by atoms with Crippen LogP contribution in [0.5, 0.6) is 5.75 Å². The molecule has 6 heteroatoms. The van der Waals surface area contributed by atoms with E-state index in [0.29, 0.717) is 23.8 Å². The predicted molar refractivity (Wildman–Crippen MR) is 145 cm³/mol. The highest BCUT2D eigenvalue weighted by Gasteiger charge is 2.47. The van der Waals surface area contributed by atoms with Crippen molar-refractivity contribution >= 4 is 45.2 Å². The fourth-order valence-corrected chi connectivity index (χ4v) is 5.41. The van der Waals surface area contributed by atoms with Gasteiger partial charge in [-0.1, -0.05) is 56.3 Å². The fourth-order valence-electron chi connectivity index (χ4n) is 4.59. The maximum atomic E-state index is 13.5. The minimum absolute atomic E-state index is 0.0885. The number of carbonyl (C=O) groups is 2. The monoisotopic (exact) mass is 497 g/mol. The van der Waals surface area contributed by atoms with E-state index < -0.39 is 17.7 Å². The zero-order valence-electron chi connectivity index (χ0n) is 20.4. The molecule has 0 radical (unpaired) electrons. The summed E-state index contributed by atoms with van der Waals surface area (Å²) in [7, 11) is 0. The molecule has 5 rings (SSSR count). The SMILES string of the molecule is Cc1cc(/C(O)=C2/C(=O)C(=O)N(c3cccc4ccccc34)C2c2cccs2)ccc1OCC(C)C. The van der Waals surface area contributed by atoms with Gasteiger partial charge in [-0.2, -0.15) is 0 Å². The van der Waals surface area contributed by atoms with Gasteiger partial charge in [0.2, 0.25) is 0 Å². The molecule has 1 atom stereocenters. The van der Waals surface area contributed by atoms with E-state index in [9.17, 15) is 14.7 Å². The van der Waals surface area contributed by atoms with Gasteiger partial charge in [-0.3, -0.25) is 14.5 Å². The standard InChI is InChI=1S/C30H27NO4S/c1-18(2)17-35-24-14-13-21(16-19(24)3)28(32)26-27(25-12-7-15-36-25)31(30(34)29(26)33)23-11-6-9-20-8-4-5-10-22(20)23/h4-16,18,27,32H,17H2,1-3H3/b28-26-. The molecule has 4 aromatic rings. The number of aryl methyl sites for hydroxylation is 1. The molecule has 0 bridgehead atoms. The number of hydrogen-bond donors (Lipinski definition) is 1. The highest BCUT2D eigenvalue weighted by atomic mass is 32.1. The average Bonchev–Trinajstić information content (AvgIpc) is 3.49. The smallest absolute Gasteiger partial charge is 0.300 e. The van der Waals surface area contributed by atoms with Gasteiger partial charge in [0, 0.05) is 15.8 Å². The Morgan fingerprint density at radius 1 is 1.03 bits per heavy atom. The largest absolute Gasteiger partial charge is 0.507 e. The van der Waals surface area contributed by atoms with Gasteiger partial charge in [0.05, 0.1) is 17.9 Å². The molecule has 5 nitrogen and oxygen atoms in total. The lowest BCUT2D eigenvalue weighted by Gasteiger charge is -2.25. The second-order valence-corrected chi connectivity index (χ2v) is 10.3. The first-order valence-electron chi connectivity index (χ1n) is 11.9. The summed E-state index contributed by atoms with van der Waals surface area (Å²) < 4.78 is 5.87. The highest BCUT2D eigenvalue weighted by molar-refractivity contribution is 7.10. The van der Waals surface area contributed by atoms with E-state index in [1.807, 2.05) is 66.9 Å². The summed E-state index contributed by atoms with van der Waals surface area (Å²) in [6, 6.07) is 21.8. The molecule has 1 amide bonds. The van der Waals surface area contributed by atoms with Gasteiger partial charge in [0.25, 0.3) is 11.7 Å². The van der Waals surface area contributed by atoms with Crippen molar-refractivity contribution in [2.75, 3.05) is 11.5 Å². The third kappa shape index (κ3) is 4.18. The van der Waals surface area contributed by atoms with Crippen LogP contribution < -0.4 is 9.64 Å². The number of carbonyl (C=O) groups excluding carboxylic acids is 2. The number of fused-ring (bicyclic) bond motifs is 1. The molecule has 1 unspecified atom stereocenters. The van der Waals surface area contributed by atoms with Crippen molar-refractivity contribution in [2.45, 2.75) is 26.8 Å². The number of nitrogens with zero attached hydrogens (tertiary/aromatic N) is 1. The van der Waals surface area contributed by atoms with E-state index in [-0.39, 0.29) is 11.3 Å². The summed E-state index contributed by atoms with van der Waals surface area (Å²) in [6.45, 7) is 6.64. The third-order valence-corrected chi connectivity index (χ3v) is 7.23. The molecule has 1 saturated heterocycles. The first-order valence-corrected chi connectivity index (χ1v) is 12.8. The number of amides is 1. The first kappa shape index (κ1) is 23.8. The quantitative estimate of drug-likeness (QED) is 0.179. The molecule has 0 aliphatic carbocycles. The van der Waals surface area contributed by atoms with E-state index in [4.69, 9.17) is 4.74 Å². The van der Waals surface area contributed by atoms with Crippen LogP contribution in [0, 0.1) is 12.8 Å². The molecule has 2 heterocycles. The van der Waals surface area contributed by atoms with Crippen molar-refractivity contribution in [3.63, 3.8) is 0 Å². The van der Waals surface area contributed by atoms with Crippen LogP contribution in [0.1, 0.15) is 35.9 Å². The van der Waals surface area contributed by atoms with Crippen molar-refractivity contribution in [1.29, 1.82) is 0 Å². The summed E-state index contributed by atoms with van der Waals surface area (Å²) >= 11 is 1.45. The number of rotatable bonds is 6. The Labute approximate surface area is 214 Å². The third-order valence-electron chi connectivity index (χ3n) is 6.30. The molecular weight excluding hydrogens is 470 g/mol. The van der Waals surface area contributed by atoms with Crippen LogP contribution in [-0.4, -0.2) is 23.4 Å². The second kappa shape index (κ2) is 9.63. The molecule has 1 fully saturated rings. The lowest BCUT2D eigenvalue weighted by molar-refractivity contribution is -0.132. The number of thiophene rings is 1. The number of anilines is 1. The number of ketones is 1. The second-order valence-electron chi connectivity index (χ2n) is 9.37. The molecular formula is C30H27NO4S. The van der Waals surface area contributed by atoms with Crippen molar-refractivity contribution in [2.24, 2.45) is 5.92 Å².